The summed E-state index contributed by atoms with van der Waals surface area (Å²) in [7, 11) is 0. The number of unbranched alkanes of at least 4 members (excludes halogenated alkanes) is 38. The molecule has 62 heavy (non-hydrogen) atoms. The first-order valence-corrected chi connectivity index (χ1v) is 27.7. The maximum absolute atomic E-state index is 12.8. The smallest absolute Gasteiger partial charge is 0.306 e. The second kappa shape index (κ2) is 51.8. The van der Waals surface area contributed by atoms with E-state index in [0.29, 0.717) is 19.3 Å². The summed E-state index contributed by atoms with van der Waals surface area (Å²) in [5.74, 6) is -0.850. The van der Waals surface area contributed by atoms with Crippen molar-refractivity contribution in [3.63, 3.8) is 0 Å². The first kappa shape index (κ1) is 60.2. The summed E-state index contributed by atoms with van der Waals surface area (Å²) in [6.07, 6.45) is 57.7. The summed E-state index contributed by atoms with van der Waals surface area (Å²) in [5.41, 5.74) is 0. The number of hydrogen-bond acceptors (Lipinski definition) is 6. The summed E-state index contributed by atoms with van der Waals surface area (Å²) in [5, 5.41) is 0. The van der Waals surface area contributed by atoms with Gasteiger partial charge in [-0.05, 0) is 44.9 Å². The Labute approximate surface area is 386 Å². The fraction of sp³-hybridized carbons (Fsp3) is 0.911. The van der Waals surface area contributed by atoms with Crippen LogP contribution in [0.4, 0.5) is 0 Å². The van der Waals surface area contributed by atoms with Crippen LogP contribution in [0.25, 0.3) is 0 Å². The third-order valence-electron chi connectivity index (χ3n) is 12.5. The molecule has 1 unspecified atom stereocenters. The molecule has 0 rings (SSSR count). The van der Waals surface area contributed by atoms with Crippen molar-refractivity contribution in [1.29, 1.82) is 0 Å². The Balaban J connectivity index is 4.22. The van der Waals surface area contributed by atoms with Crippen LogP contribution >= 0.6 is 0 Å². The van der Waals surface area contributed by atoms with Gasteiger partial charge in [0.1, 0.15) is 13.2 Å². The SMILES string of the molecule is CCCCCCCCCC/C=C\CCCCCCCCCCCC(=O)OCC(COC(=O)CCCCCCCCCCCC)OC(=O)CCCCCCCCCCCCCCC. The second-order valence-corrected chi connectivity index (χ2v) is 18.9. The molecule has 0 saturated carbocycles. The molecule has 0 N–H and O–H groups in total. The zero-order chi connectivity index (χ0) is 45.1. The minimum atomic E-state index is -0.763. The van der Waals surface area contributed by atoms with E-state index in [1.54, 1.807) is 0 Å². The first-order valence-electron chi connectivity index (χ1n) is 27.7. The van der Waals surface area contributed by atoms with Gasteiger partial charge in [-0.2, -0.15) is 0 Å². The molecule has 0 aromatic carbocycles. The predicted octanol–water partition coefficient (Wildman–Crippen LogP) is 18.2. The van der Waals surface area contributed by atoms with Crippen molar-refractivity contribution >= 4 is 17.9 Å². The van der Waals surface area contributed by atoms with Crippen LogP contribution in [0.3, 0.4) is 0 Å². The van der Waals surface area contributed by atoms with E-state index in [0.717, 1.165) is 57.8 Å². The molecule has 0 bridgehead atoms. The third kappa shape index (κ3) is 49.2. The van der Waals surface area contributed by atoms with Gasteiger partial charge in [-0.25, -0.2) is 0 Å². The number of carbonyl (C=O) groups is 3. The number of carbonyl (C=O) groups excluding carboxylic acids is 3. The number of esters is 3. The van der Waals surface area contributed by atoms with E-state index < -0.39 is 6.10 Å². The van der Waals surface area contributed by atoms with Crippen LogP contribution < -0.4 is 0 Å². The zero-order valence-corrected chi connectivity index (χ0v) is 41.9. The zero-order valence-electron chi connectivity index (χ0n) is 41.9. The quantitative estimate of drug-likeness (QED) is 0.0262. The molecule has 0 radical (unpaired) electrons. The van der Waals surface area contributed by atoms with Gasteiger partial charge in [0.15, 0.2) is 6.10 Å². The third-order valence-corrected chi connectivity index (χ3v) is 12.5. The molecule has 0 aliphatic carbocycles. The van der Waals surface area contributed by atoms with Crippen LogP contribution in [0.1, 0.15) is 310 Å². The van der Waals surface area contributed by atoms with E-state index in [1.807, 2.05) is 0 Å². The molecular formula is C56H106O6. The van der Waals surface area contributed by atoms with Crippen molar-refractivity contribution in [2.75, 3.05) is 13.2 Å². The van der Waals surface area contributed by atoms with Gasteiger partial charge in [-0.3, -0.25) is 14.4 Å². The molecule has 0 aliphatic rings. The number of ether oxygens (including phenoxy) is 3. The molecule has 0 heterocycles. The molecule has 0 saturated heterocycles. The molecule has 6 nitrogen and oxygen atoms in total. The lowest BCUT2D eigenvalue weighted by Gasteiger charge is -2.18. The van der Waals surface area contributed by atoms with Crippen LogP contribution in [0.5, 0.6) is 0 Å². The molecule has 6 heteroatoms. The highest BCUT2D eigenvalue weighted by molar-refractivity contribution is 5.71. The number of hydrogen-bond donors (Lipinski definition) is 0. The van der Waals surface area contributed by atoms with Gasteiger partial charge in [0.2, 0.25) is 0 Å². The van der Waals surface area contributed by atoms with Crippen molar-refractivity contribution in [3.05, 3.63) is 12.2 Å². The number of allylic oxidation sites excluding steroid dienone is 2. The standard InChI is InChI=1S/C56H106O6/c1-4-7-10-13-16-19-22-24-25-26-27-28-29-30-31-33-34-37-40-43-46-49-55(58)61-52-53(51-60-54(57)48-45-42-39-36-21-18-15-12-9-6-3)62-56(59)50-47-44-41-38-35-32-23-20-17-14-11-8-5-2/h26-27,53H,4-25,28-52H2,1-3H3/b27-26-. The van der Waals surface area contributed by atoms with Gasteiger partial charge in [-0.15, -0.1) is 0 Å². The molecule has 0 aliphatic heterocycles. The summed E-state index contributed by atoms with van der Waals surface area (Å²) in [6, 6.07) is 0. The van der Waals surface area contributed by atoms with E-state index in [9.17, 15) is 14.4 Å². The van der Waals surface area contributed by atoms with Crippen LogP contribution in [0.2, 0.25) is 0 Å². The molecular weight excluding hydrogens is 769 g/mol. The van der Waals surface area contributed by atoms with Gasteiger partial charge < -0.3 is 14.2 Å². The van der Waals surface area contributed by atoms with E-state index in [-0.39, 0.29) is 31.1 Å². The van der Waals surface area contributed by atoms with E-state index >= 15 is 0 Å². The lowest BCUT2D eigenvalue weighted by Crippen LogP contribution is -2.30. The first-order chi connectivity index (χ1) is 30.5. The highest BCUT2D eigenvalue weighted by Gasteiger charge is 2.19. The normalized spacial score (nSPS) is 12.0. The van der Waals surface area contributed by atoms with Crippen molar-refractivity contribution < 1.29 is 28.6 Å². The Hall–Kier alpha value is -1.85. The molecule has 0 aromatic heterocycles. The van der Waals surface area contributed by atoms with Gasteiger partial charge in [0, 0.05) is 19.3 Å². The molecule has 0 aromatic rings. The van der Waals surface area contributed by atoms with Gasteiger partial charge in [-0.1, -0.05) is 258 Å². The molecule has 0 amide bonds. The van der Waals surface area contributed by atoms with E-state index in [2.05, 4.69) is 32.9 Å². The Morgan fingerprint density at radius 1 is 0.306 bits per heavy atom. The lowest BCUT2D eigenvalue weighted by atomic mass is 10.0. The van der Waals surface area contributed by atoms with Gasteiger partial charge in [0.05, 0.1) is 0 Å². The fourth-order valence-electron chi connectivity index (χ4n) is 8.32. The maximum Gasteiger partial charge on any atom is 0.306 e. The summed E-state index contributed by atoms with van der Waals surface area (Å²) < 4.78 is 16.8. The molecule has 0 fully saturated rings. The monoisotopic (exact) mass is 875 g/mol. The van der Waals surface area contributed by atoms with E-state index in [4.69, 9.17) is 14.2 Å². The summed E-state index contributed by atoms with van der Waals surface area (Å²) in [4.78, 5) is 38.0. The van der Waals surface area contributed by atoms with Crippen molar-refractivity contribution in [2.24, 2.45) is 0 Å². The van der Waals surface area contributed by atoms with Crippen molar-refractivity contribution in [2.45, 2.75) is 316 Å². The maximum atomic E-state index is 12.8. The highest BCUT2D eigenvalue weighted by atomic mass is 16.6. The van der Waals surface area contributed by atoms with Gasteiger partial charge >= 0.3 is 17.9 Å². The van der Waals surface area contributed by atoms with Crippen LogP contribution in [0, 0.1) is 0 Å². The largest absolute Gasteiger partial charge is 0.462 e. The van der Waals surface area contributed by atoms with Crippen LogP contribution in [-0.2, 0) is 28.6 Å². The van der Waals surface area contributed by atoms with Crippen LogP contribution in [-0.4, -0.2) is 37.2 Å². The summed E-state index contributed by atoms with van der Waals surface area (Å²) in [6.45, 7) is 6.67. The number of rotatable bonds is 51. The average Bonchev–Trinajstić information content (AvgIpc) is 3.27. The van der Waals surface area contributed by atoms with Crippen LogP contribution in [0.15, 0.2) is 12.2 Å². The Kier molecular flexibility index (Phi) is 50.2. The molecule has 366 valence electrons. The second-order valence-electron chi connectivity index (χ2n) is 18.9. The average molecular weight is 875 g/mol. The molecule has 1 atom stereocenters. The minimum absolute atomic E-state index is 0.0652. The molecule has 0 spiro atoms. The minimum Gasteiger partial charge on any atom is -0.462 e. The van der Waals surface area contributed by atoms with E-state index in [1.165, 1.54) is 212 Å². The Bertz CT molecular complexity index is 962. The lowest BCUT2D eigenvalue weighted by molar-refractivity contribution is -0.167. The predicted molar refractivity (Wildman–Crippen MR) is 266 cm³/mol. The Morgan fingerprint density at radius 2 is 0.532 bits per heavy atom. The topological polar surface area (TPSA) is 78.9 Å². The summed E-state index contributed by atoms with van der Waals surface area (Å²) >= 11 is 0. The highest BCUT2D eigenvalue weighted by Crippen LogP contribution is 2.16. The Morgan fingerprint density at radius 3 is 0.806 bits per heavy atom. The van der Waals surface area contributed by atoms with Crippen molar-refractivity contribution in [3.8, 4) is 0 Å². The van der Waals surface area contributed by atoms with Crippen molar-refractivity contribution in [1.82, 2.24) is 0 Å². The fourth-order valence-corrected chi connectivity index (χ4v) is 8.32. The van der Waals surface area contributed by atoms with Gasteiger partial charge in [0.25, 0.3) is 0 Å².